The molecule has 0 unspecified atom stereocenters. The van der Waals surface area contributed by atoms with Crippen molar-refractivity contribution < 1.29 is 17.9 Å². The van der Waals surface area contributed by atoms with Gasteiger partial charge < -0.3 is 10.1 Å². The summed E-state index contributed by atoms with van der Waals surface area (Å²) in [7, 11) is -3.58. The van der Waals surface area contributed by atoms with Gasteiger partial charge in [-0.15, -0.1) is 0 Å². The van der Waals surface area contributed by atoms with Gasteiger partial charge in [0, 0.05) is 16.2 Å². The highest BCUT2D eigenvalue weighted by molar-refractivity contribution is 9.10. The summed E-state index contributed by atoms with van der Waals surface area (Å²) in [5.41, 5.74) is 0.918. The topological polar surface area (TPSA) is 96.5 Å². The van der Waals surface area contributed by atoms with Crippen LogP contribution >= 0.6 is 28.1 Å². The van der Waals surface area contributed by atoms with Crippen LogP contribution in [0.5, 0.6) is 5.75 Å². The molecule has 0 aromatic heterocycles. The van der Waals surface area contributed by atoms with Gasteiger partial charge in [-0.3, -0.25) is 10.1 Å². The fraction of sp³-hybridized carbons (Fsp3) is 0.417. The molecule has 184 valence electrons. The van der Waals surface area contributed by atoms with E-state index in [1.165, 1.54) is 12.1 Å². The lowest BCUT2D eigenvalue weighted by molar-refractivity contribution is 0.0973. The molecule has 10 heteroatoms. The third-order valence-corrected chi connectivity index (χ3v) is 7.57. The van der Waals surface area contributed by atoms with Gasteiger partial charge in [0.15, 0.2) is 5.11 Å². The fourth-order valence-electron chi connectivity index (χ4n) is 3.62. The van der Waals surface area contributed by atoms with Crippen LogP contribution in [0.1, 0.15) is 56.3 Å². The lowest BCUT2D eigenvalue weighted by Gasteiger charge is -2.22. The molecule has 0 aliphatic heterocycles. The summed E-state index contributed by atoms with van der Waals surface area (Å²) in [6.07, 6.45) is 4.99. The van der Waals surface area contributed by atoms with E-state index in [-0.39, 0.29) is 16.0 Å². The number of ether oxygens (including phenoxy) is 1. The first kappa shape index (κ1) is 26.6. The lowest BCUT2D eigenvalue weighted by Crippen LogP contribution is -2.36. The van der Waals surface area contributed by atoms with E-state index in [2.05, 4.69) is 31.3 Å². The van der Waals surface area contributed by atoms with Crippen molar-refractivity contribution in [2.24, 2.45) is 5.92 Å². The first-order valence-electron chi connectivity index (χ1n) is 11.3. The quantitative estimate of drug-likeness (QED) is 0.378. The first-order chi connectivity index (χ1) is 16.1. The Morgan fingerprint density at radius 2 is 1.79 bits per heavy atom. The number of carbonyl (C=O) groups excluding carboxylic acids is 1. The van der Waals surface area contributed by atoms with Gasteiger partial charge in [0.2, 0.25) is 10.0 Å². The van der Waals surface area contributed by atoms with E-state index in [1.54, 1.807) is 24.3 Å². The molecule has 34 heavy (non-hydrogen) atoms. The molecule has 0 bridgehead atoms. The fourth-order valence-corrected chi connectivity index (χ4v) is 5.50. The van der Waals surface area contributed by atoms with Crippen LogP contribution in [0.4, 0.5) is 5.69 Å². The van der Waals surface area contributed by atoms with Crippen LogP contribution in [-0.4, -0.2) is 32.1 Å². The van der Waals surface area contributed by atoms with Crippen LogP contribution in [0.15, 0.2) is 51.8 Å². The van der Waals surface area contributed by atoms with Gasteiger partial charge in [0.1, 0.15) is 5.75 Å². The molecule has 1 aliphatic carbocycles. The third-order valence-electron chi connectivity index (χ3n) is 5.33. The summed E-state index contributed by atoms with van der Waals surface area (Å²) in [6, 6.07) is 11.5. The van der Waals surface area contributed by atoms with Crippen LogP contribution in [0.3, 0.4) is 0 Å². The number of hydrogen-bond donors (Lipinski definition) is 3. The Balaban J connectivity index is 1.61. The Morgan fingerprint density at radius 3 is 2.44 bits per heavy atom. The van der Waals surface area contributed by atoms with Gasteiger partial charge in [-0.1, -0.05) is 49.0 Å². The second kappa shape index (κ2) is 12.1. The first-order valence-corrected chi connectivity index (χ1v) is 14.0. The summed E-state index contributed by atoms with van der Waals surface area (Å²) in [6.45, 7) is 4.54. The summed E-state index contributed by atoms with van der Waals surface area (Å²) in [4.78, 5) is 13.0. The minimum Gasteiger partial charge on any atom is -0.492 e. The number of halogens is 1. The summed E-state index contributed by atoms with van der Waals surface area (Å²) in [5, 5.41) is 5.66. The van der Waals surface area contributed by atoms with Gasteiger partial charge in [-0.2, -0.15) is 0 Å². The number of sulfonamides is 1. The molecule has 2 aromatic rings. The molecule has 1 amide bonds. The Labute approximate surface area is 215 Å². The van der Waals surface area contributed by atoms with Gasteiger partial charge in [0.05, 0.1) is 17.1 Å². The van der Waals surface area contributed by atoms with Crippen molar-refractivity contribution in [1.29, 1.82) is 0 Å². The van der Waals surface area contributed by atoms with Crippen molar-refractivity contribution in [3.8, 4) is 5.75 Å². The smallest absolute Gasteiger partial charge is 0.261 e. The summed E-state index contributed by atoms with van der Waals surface area (Å²) >= 11 is 8.66. The molecular formula is C24H30BrN3O4S2. The predicted octanol–water partition coefficient (Wildman–Crippen LogP) is 5.22. The third kappa shape index (κ3) is 7.76. The van der Waals surface area contributed by atoms with E-state index in [1.807, 2.05) is 19.9 Å². The maximum Gasteiger partial charge on any atom is 0.261 e. The zero-order valence-corrected chi connectivity index (χ0v) is 22.5. The highest BCUT2D eigenvalue weighted by Crippen LogP contribution is 2.24. The van der Waals surface area contributed by atoms with Crippen molar-refractivity contribution >= 4 is 54.9 Å². The van der Waals surface area contributed by atoms with E-state index in [0.717, 1.165) is 36.6 Å². The molecule has 1 saturated carbocycles. The molecule has 7 nitrogen and oxygen atoms in total. The standard InChI is InChI=1S/C24H30BrN3O4S2/c1-16(2)15-32-22-13-8-17(25)14-21(22)23(29)27-24(33)26-18-9-11-20(12-10-18)34(30,31)28-19-6-4-3-5-7-19/h8-14,16,19,28H,3-7,15H2,1-2H3,(H2,26,27,29,33). The lowest BCUT2D eigenvalue weighted by atomic mass is 9.96. The summed E-state index contributed by atoms with van der Waals surface area (Å²) < 4.78 is 34.6. The average molecular weight is 569 g/mol. The molecular weight excluding hydrogens is 538 g/mol. The molecule has 0 radical (unpaired) electrons. The maximum atomic E-state index is 12.8. The van der Waals surface area contributed by atoms with E-state index >= 15 is 0 Å². The van der Waals surface area contributed by atoms with E-state index in [9.17, 15) is 13.2 Å². The molecule has 0 heterocycles. The second-order valence-electron chi connectivity index (χ2n) is 8.73. The van der Waals surface area contributed by atoms with Crippen LogP contribution in [0.25, 0.3) is 0 Å². The molecule has 1 aliphatic rings. The highest BCUT2D eigenvalue weighted by Gasteiger charge is 2.22. The van der Waals surface area contributed by atoms with Gasteiger partial charge in [-0.25, -0.2) is 13.1 Å². The van der Waals surface area contributed by atoms with Crippen molar-refractivity contribution in [2.45, 2.75) is 56.9 Å². The largest absolute Gasteiger partial charge is 0.492 e. The zero-order chi connectivity index (χ0) is 24.7. The highest BCUT2D eigenvalue weighted by atomic mass is 79.9. The maximum absolute atomic E-state index is 12.8. The van der Waals surface area contributed by atoms with E-state index < -0.39 is 15.9 Å². The predicted molar refractivity (Wildman–Crippen MR) is 142 cm³/mol. The van der Waals surface area contributed by atoms with Crippen molar-refractivity contribution in [1.82, 2.24) is 10.0 Å². The van der Waals surface area contributed by atoms with E-state index in [4.69, 9.17) is 17.0 Å². The molecule has 0 atom stereocenters. The van der Waals surface area contributed by atoms with E-state index in [0.29, 0.717) is 29.5 Å². The van der Waals surface area contributed by atoms with Crippen LogP contribution in [0.2, 0.25) is 0 Å². The van der Waals surface area contributed by atoms with Crippen molar-refractivity contribution in [2.75, 3.05) is 11.9 Å². The Hall–Kier alpha value is -2.01. The number of thiocarbonyl (C=S) groups is 1. The van der Waals surface area contributed by atoms with Crippen LogP contribution < -0.4 is 20.1 Å². The number of benzene rings is 2. The molecule has 0 saturated heterocycles. The van der Waals surface area contributed by atoms with Gasteiger partial charge in [0.25, 0.3) is 5.91 Å². The Bertz CT molecular complexity index is 1120. The zero-order valence-electron chi connectivity index (χ0n) is 19.3. The second-order valence-corrected chi connectivity index (χ2v) is 11.8. The number of anilines is 1. The Kier molecular flexibility index (Phi) is 9.47. The average Bonchev–Trinajstić information content (AvgIpc) is 2.78. The molecule has 3 rings (SSSR count). The normalized spacial score (nSPS) is 14.6. The number of nitrogens with one attached hydrogen (secondary N) is 3. The number of rotatable bonds is 8. The number of amides is 1. The van der Waals surface area contributed by atoms with Crippen LogP contribution in [-0.2, 0) is 10.0 Å². The minimum absolute atomic E-state index is 0.00762. The van der Waals surface area contributed by atoms with Crippen LogP contribution in [0, 0.1) is 5.92 Å². The Morgan fingerprint density at radius 1 is 1.12 bits per heavy atom. The molecule has 3 N–H and O–H groups in total. The molecule has 2 aromatic carbocycles. The van der Waals surface area contributed by atoms with Gasteiger partial charge >= 0.3 is 0 Å². The minimum atomic E-state index is -3.58. The van der Waals surface area contributed by atoms with Crippen molar-refractivity contribution in [3.05, 3.63) is 52.5 Å². The SMILES string of the molecule is CC(C)COc1ccc(Br)cc1C(=O)NC(=S)Nc1ccc(S(=O)(=O)NC2CCCCC2)cc1. The molecule has 1 fully saturated rings. The van der Waals surface area contributed by atoms with Gasteiger partial charge in [-0.05, 0) is 73.4 Å². The monoisotopic (exact) mass is 567 g/mol. The number of hydrogen-bond acceptors (Lipinski definition) is 5. The number of carbonyl (C=O) groups is 1. The van der Waals surface area contributed by atoms with Crippen molar-refractivity contribution in [3.63, 3.8) is 0 Å². The molecule has 0 spiro atoms. The summed E-state index contributed by atoms with van der Waals surface area (Å²) in [5.74, 6) is 0.373.